The van der Waals surface area contributed by atoms with Gasteiger partial charge in [-0.1, -0.05) is 32.9 Å². The van der Waals surface area contributed by atoms with Crippen molar-refractivity contribution < 1.29 is 0 Å². The molecule has 1 heterocycles. The SMILES string of the molecule is CCNCc1cc(C(C)C)nc2c(Br)cccc12. The molecule has 0 unspecified atom stereocenters. The summed E-state index contributed by atoms with van der Waals surface area (Å²) in [6.45, 7) is 8.37. The summed E-state index contributed by atoms with van der Waals surface area (Å²) in [5.74, 6) is 0.446. The lowest BCUT2D eigenvalue weighted by atomic mass is 10.0. The van der Waals surface area contributed by atoms with Gasteiger partial charge in [0.05, 0.1) is 5.52 Å². The molecule has 96 valence electrons. The zero-order valence-corrected chi connectivity index (χ0v) is 12.7. The van der Waals surface area contributed by atoms with Gasteiger partial charge in [0.2, 0.25) is 0 Å². The van der Waals surface area contributed by atoms with Gasteiger partial charge in [-0.3, -0.25) is 4.98 Å². The first-order valence-electron chi connectivity index (χ1n) is 6.42. The number of hydrogen-bond donors (Lipinski definition) is 1. The van der Waals surface area contributed by atoms with Crippen LogP contribution in [-0.2, 0) is 6.54 Å². The molecule has 2 aromatic rings. The number of halogens is 1. The third kappa shape index (κ3) is 2.73. The summed E-state index contributed by atoms with van der Waals surface area (Å²) in [7, 11) is 0. The molecule has 0 saturated heterocycles. The molecule has 0 radical (unpaired) electrons. The fourth-order valence-corrected chi connectivity index (χ4v) is 2.46. The Morgan fingerprint density at radius 3 is 2.78 bits per heavy atom. The van der Waals surface area contributed by atoms with E-state index in [-0.39, 0.29) is 0 Å². The summed E-state index contributed by atoms with van der Waals surface area (Å²) in [5, 5.41) is 4.63. The minimum absolute atomic E-state index is 0.446. The highest BCUT2D eigenvalue weighted by molar-refractivity contribution is 9.10. The van der Waals surface area contributed by atoms with Gasteiger partial charge in [-0.05, 0) is 46.1 Å². The maximum absolute atomic E-state index is 4.77. The van der Waals surface area contributed by atoms with Crippen LogP contribution < -0.4 is 5.32 Å². The first-order valence-corrected chi connectivity index (χ1v) is 7.21. The number of nitrogens with zero attached hydrogens (tertiary/aromatic N) is 1. The van der Waals surface area contributed by atoms with Gasteiger partial charge in [0.25, 0.3) is 0 Å². The van der Waals surface area contributed by atoms with Gasteiger partial charge in [-0.15, -0.1) is 0 Å². The van der Waals surface area contributed by atoms with Gasteiger partial charge >= 0.3 is 0 Å². The van der Waals surface area contributed by atoms with E-state index in [0.29, 0.717) is 5.92 Å². The number of aromatic nitrogens is 1. The van der Waals surface area contributed by atoms with Crippen LogP contribution in [0.5, 0.6) is 0 Å². The molecule has 1 aromatic carbocycles. The highest BCUT2D eigenvalue weighted by Gasteiger charge is 2.10. The molecule has 0 aliphatic heterocycles. The van der Waals surface area contributed by atoms with Crippen LogP contribution in [0.1, 0.15) is 37.9 Å². The molecule has 18 heavy (non-hydrogen) atoms. The van der Waals surface area contributed by atoms with E-state index < -0.39 is 0 Å². The zero-order chi connectivity index (χ0) is 13.1. The van der Waals surface area contributed by atoms with Crippen LogP contribution in [0.2, 0.25) is 0 Å². The number of pyridine rings is 1. The predicted molar refractivity (Wildman–Crippen MR) is 80.9 cm³/mol. The van der Waals surface area contributed by atoms with E-state index in [1.807, 2.05) is 0 Å². The molecule has 0 amide bonds. The highest BCUT2D eigenvalue weighted by atomic mass is 79.9. The Morgan fingerprint density at radius 2 is 2.11 bits per heavy atom. The van der Waals surface area contributed by atoms with Crippen LogP contribution in [-0.4, -0.2) is 11.5 Å². The lowest BCUT2D eigenvalue weighted by Crippen LogP contribution is -2.13. The monoisotopic (exact) mass is 306 g/mol. The first kappa shape index (κ1) is 13.5. The molecule has 0 saturated carbocycles. The van der Waals surface area contributed by atoms with Crippen LogP contribution in [0.3, 0.4) is 0 Å². The van der Waals surface area contributed by atoms with Gasteiger partial charge in [0, 0.05) is 22.1 Å². The first-order chi connectivity index (χ1) is 8.63. The lowest BCUT2D eigenvalue weighted by Gasteiger charge is -2.13. The Balaban J connectivity index is 2.61. The van der Waals surface area contributed by atoms with E-state index in [1.165, 1.54) is 10.9 Å². The van der Waals surface area contributed by atoms with Crippen molar-refractivity contribution in [2.24, 2.45) is 0 Å². The van der Waals surface area contributed by atoms with Gasteiger partial charge < -0.3 is 5.32 Å². The van der Waals surface area contributed by atoms with Gasteiger partial charge in [0.15, 0.2) is 0 Å². The Kier molecular flexibility index (Phi) is 4.36. The summed E-state index contributed by atoms with van der Waals surface area (Å²) in [6.07, 6.45) is 0. The van der Waals surface area contributed by atoms with Gasteiger partial charge in [-0.2, -0.15) is 0 Å². The number of fused-ring (bicyclic) bond motifs is 1. The van der Waals surface area contributed by atoms with Gasteiger partial charge in [0.1, 0.15) is 0 Å². The molecule has 1 N–H and O–H groups in total. The number of rotatable bonds is 4. The molecule has 0 spiro atoms. The molecule has 3 heteroatoms. The molecule has 0 aliphatic rings. The van der Waals surface area contributed by atoms with Crippen molar-refractivity contribution in [1.82, 2.24) is 10.3 Å². The summed E-state index contributed by atoms with van der Waals surface area (Å²) in [6, 6.07) is 8.49. The smallest absolute Gasteiger partial charge is 0.0850 e. The van der Waals surface area contributed by atoms with Crippen LogP contribution in [0, 0.1) is 0 Å². The number of nitrogens with one attached hydrogen (secondary N) is 1. The van der Waals surface area contributed by atoms with E-state index >= 15 is 0 Å². The van der Waals surface area contributed by atoms with Crippen LogP contribution in [0.15, 0.2) is 28.7 Å². The Bertz CT molecular complexity index is 549. The molecule has 2 rings (SSSR count). The van der Waals surface area contributed by atoms with Crippen molar-refractivity contribution in [2.45, 2.75) is 33.2 Å². The fraction of sp³-hybridized carbons (Fsp3) is 0.400. The van der Waals surface area contributed by atoms with Crippen molar-refractivity contribution in [3.8, 4) is 0 Å². The molecule has 0 fully saturated rings. The third-order valence-corrected chi connectivity index (χ3v) is 3.69. The summed E-state index contributed by atoms with van der Waals surface area (Å²) in [4.78, 5) is 4.77. The highest BCUT2D eigenvalue weighted by Crippen LogP contribution is 2.27. The fourth-order valence-electron chi connectivity index (χ4n) is 2.01. The number of benzene rings is 1. The minimum Gasteiger partial charge on any atom is -0.313 e. The maximum Gasteiger partial charge on any atom is 0.0850 e. The number of hydrogen-bond acceptors (Lipinski definition) is 2. The van der Waals surface area contributed by atoms with Crippen LogP contribution >= 0.6 is 15.9 Å². The van der Waals surface area contributed by atoms with Crippen molar-refractivity contribution in [3.63, 3.8) is 0 Å². The summed E-state index contributed by atoms with van der Waals surface area (Å²) >= 11 is 3.60. The van der Waals surface area contributed by atoms with E-state index in [2.05, 4.69) is 66.3 Å². The standard InChI is InChI=1S/C15H19BrN2/c1-4-17-9-11-8-14(10(2)3)18-15-12(11)6-5-7-13(15)16/h5-8,10,17H,4,9H2,1-3H3. The summed E-state index contributed by atoms with van der Waals surface area (Å²) < 4.78 is 1.07. The number of para-hydroxylation sites is 1. The van der Waals surface area contributed by atoms with Crippen LogP contribution in [0.4, 0.5) is 0 Å². The maximum atomic E-state index is 4.77. The van der Waals surface area contributed by atoms with Crippen molar-refractivity contribution in [3.05, 3.63) is 40.0 Å². The topological polar surface area (TPSA) is 24.9 Å². The van der Waals surface area contributed by atoms with Crippen LogP contribution in [0.25, 0.3) is 10.9 Å². The Labute approximate surface area is 117 Å². The summed E-state index contributed by atoms with van der Waals surface area (Å²) in [5.41, 5.74) is 3.55. The second-order valence-corrected chi connectivity index (χ2v) is 5.63. The predicted octanol–water partition coefficient (Wildman–Crippen LogP) is 4.23. The second-order valence-electron chi connectivity index (χ2n) is 4.78. The molecule has 0 aliphatic carbocycles. The Hall–Kier alpha value is -0.930. The molecule has 1 aromatic heterocycles. The van der Waals surface area contributed by atoms with E-state index in [9.17, 15) is 0 Å². The third-order valence-electron chi connectivity index (χ3n) is 3.05. The lowest BCUT2D eigenvalue weighted by molar-refractivity contribution is 0.726. The molecular formula is C15H19BrN2. The van der Waals surface area contributed by atoms with E-state index in [4.69, 9.17) is 4.98 Å². The van der Waals surface area contributed by atoms with Gasteiger partial charge in [-0.25, -0.2) is 0 Å². The molecule has 0 bridgehead atoms. The molecular weight excluding hydrogens is 288 g/mol. The normalized spacial score (nSPS) is 11.4. The largest absolute Gasteiger partial charge is 0.313 e. The molecule has 2 nitrogen and oxygen atoms in total. The minimum atomic E-state index is 0.446. The zero-order valence-electron chi connectivity index (χ0n) is 11.1. The average molecular weight is 307 g/mol. The second kappa shape index (κ2) is 5.81. The van der Waals surface area contributed by atoms with E-state index in [0.717, 1.165) is 28.8 Å². The van der Waals surface area contributed by atoms with Crippen molar-refractivity contribution in [1.29, 1.82) is 0 Å². The average Bonchev–Trinajstić information content (AvgIpc) is 2.36. The molecule has 0 atom stereocenters. The Morgan fingerprint density at radius 1 is 1.33 bits per heavy atom. The van der Waals surface area contributed by atoms with Crippen molar-refractivity contribution in [2.75, 3.05) is 6.54 Å². The quantitative estimate of drug-likeness (QED) is 0.914. The van der Waals surface area contributed by atoms with Crippen molar-refractivity contribution >= 4 is 26.8 Å². The van der Waals surface area contributed by atoms with E-state index in [1.54, 1.807) is 0 Å².